The maximum Gasteiger partial charge on any atom is 0.369 e. The lowest BCUT2D eigenvalue weighted by Crippen LogP contribution is -2.52. The molecule has 1 aliphatic heterocycles. The fraction of sp³-hybridized carbons (Fsp3) is 1.00. The van der Waals surface area contributed by atoms with Gasteiger partial charge in [0.1, 0.15) is 13.2 Å². The molecule has 0 aromatic rings. The van der Waals surface area contributed by atoms with Crippen molar-refractivity contribution in [1.82, 2.24) is 0 Å². The summed E-state index contributed by atoms with van der Waals surface area (Å²) in [6, 6.07) is 0. The van der Waals surface area contributed by atoms with Crippen LogP contribution in [0, 0.1) is 10.1 Å². The molecule has 6 nitrogen and oxygen atoms in total. The SMILES string of the molecule is CC1OCC(O)([N+](=O)[O-])CO1. The van der Waals surface area contributed by atoms with Gasteiger partial charge >= 0.3 is 5.72 Å². The molecule has 0 atom stereocenters. The van der Waals surface area contributed by atoms with Gasteiger partial charge in [0.2, 0.25) is 0 Å². The van der Waals surface area contributed by atoms with E-state index in [0.29, 0.717) is 0 Å². The third kappa shape index (κ3) is 1.65. The molecular weight excluding hydrogens is 154 g/mol. The first kappa shape index (κ1) is 8.38. The molecule has 1 fully saturated rings. The number of hydrogen-bond donors (Lipinski definition) is 1. The number of ether oxygens (including phenoxy) is 2. The van der Waals surface area contributed by atoms with Gasteiger partial charge in [0, 0.05) is 0 Å². The second kappa shape index (κ2) is 2.72. The Morgan fingerprint density at radius 2 is 2.09 bits per heavy atom. The molecule has 64 valence electrons. The zero-order chi connectivity index (χ0) is 8.48. The van der Waals surface area contributed by atoms with E-state index in [1.807, 2.05) is 0 Å². The summed E-state index contributed by atoms with van der Waals surface area (Å²) in [7, 11) is 0. The van der Waals surface area contributed by atoms with Crippen molar-refractivity contribution in [2.75, 3.05) is 13.2 Å². The molecule has 1 saturated heterocycles. The zero-order valence-corrected chi connectivity index (χ0v) is 6.02. The Balaban J connectivity index is 2.55. The van der Waals surface area contributed by atoms with Crippen LogP contribution in [-0.2, 0) is 9.47 Å². The van der Waals surface area contributed by atoms with Crippen molar-refractivity contribution >= 4 is 0 Å². The molecular formula is C5H9NO5. The molecule has 0 spiro atoms. The van der Waals surface area contributed by atoms with Gasteiger partial charge in [0.15, 0.2) is 6.29 Å². The largest absolute Gasteiger partial charge is 0.369 e. The van der Waals surface area contributed by atoms with Crippen molar-refractivity contribution < 1.29 is 19.5 Å². The Kier molecular flexibility index (Phi) is 2.08. The minimum Gasteiger partial charge on any atom is -0.343 e. The summed E-state index contributed by atoms with van der Waals surface area (Å²) < 4.78 is 9.48. The quantitative estimate of drug-likeness (QED) is 0.315. The summed E-state index contributed by atoms with van der Waals surface area (Å²) in [5, 5.41) is 19.3. The minimum absolute atomic E-state index is 0.318. The number of rotatable bonds is 1. The van der Waals surface area contributed by atoms with E-state index in [9.17, 15) is 10.1 Å². The van der Waals surface area contributed by atoms with Crippen LogP contribution < -0.4 is 0 Å². The van der Waals surface area contributed by atoms with Crippen molar-refractivity contribution in [3.8, 4) is 0 Å². The highest BCUT2D eigenvalue weighted by Gasteiger charge is 2.45. The van der Waals surface area contributed by atoms with Crippen molar-refractivity contribution in [2.45, 2.75) is 18.9 Å². The Hall–Kier alpha value is -0.720. The molecule has 0 radical (unpaired) electrons. The third-order valence-corrected chi connectivity index (χ3v) is 1.44. The summed E-state index contributed by atoms with van der Waals surface area (Å²) in [5.74, 6) is 0. The van der Waals surface area contributed by atoms with E-state index < -0.39 is 16.9 Å². The van der Waals surface area contributed by atoms with E-state index >= 15 is 0 Å². The van der Waals surface area contributed by atoms with Gasteiger partial charge in [-0.1, -0.05) is 0 Å². The Morgan fingerprint density at radius 1 is 1.64 bits per heavy atom. The summed E-state index contributed by atoms with van der Waals surface area (Å²) in [6.07, 6.45) is -0.477. The Bertz CT molecular complexity index is 162. The van der Waals surface area contributed by atoms with E-state index in [1.165, 1.54) is 0 Å². The molecule has 0 unspecified atom stereocenters. The first-order chi connectivity index (χ1) is 5.04. The smallest absolute Gasteiger partial charge is 0.343 e. The van der Waals surface area contributed by atoms with Crippen molar-refractivity contribution in [3.63, 3.8) is 0 Å². The number of aliphatic hydroxyl groups is 1. The van der Waals surface area contributed by atoms with Crippen LogP contribution in [0.25, 0.3) is 0 Å². The average molecular weight is 163 g/mol. The molecule has 1 aliphatic rings. The van der Waals surface area contributed by atoms with Crippen LogP contribution in [0.1, 0.15) is 6.92 Å². The molecule has 0 aromatic carbocycles. The molecule has 1 N–H and O–H groups in total. The standard InChI is InChI=1S/C5H9NO5/c1-4-10-2-5(7,3-11-4)6(8)9/h4,7H,2-3H2,1H3. The number of nitro groups is 1. The Labute approximate surface area is 62.9 Å². The van der Waals surface area contributed by atoms with Gasteiger partial charge in [-0.3, -0.25) is 10.1 Å². The lowest BCUT2D eigenvalue weighted by atomic mass is 10.2. The van der Waals surface area contributed by atoms with Crippen LogP contribution in [0.4, 0.5) is 0 Å². The fourth-order valence-corrected chi connectivity index (χ4v) is 0.697. The van der Waals surface area contributed by atoms with Crippen LogP contribution in [0.2, 0.25) is 0 Å². The van der Waals surface area contributed by atoms with Crippen molar-refractivity contribution in [3.05, 3.63) is 10.1 Å². The predicted molar refractivity (Wildman–Crippen MR) is 33.3 cm³/mol. The van der Waals surface area contributed by atoms with E-state index in [0.717, 1.165) is 0 Å². The molecule has 0 amide bonds. The number of nitrogens with zero attached hydrogens (tertiary/aromatic N) is 1. The van der Waals surface area contributed by atoms with Crippen molar-refractivity contribution in [1.29, 1.82) is 0 Å². The van der Waals surface area contributed by atoms with Crippen LogP contribution in [0.15, 0.2) is 0 Å². The highest BCUT2D eigenvalue weighted by molar-refractivity contribution is 4.67. The van der Waals surface area contributed by atoms with Gasteiger partial charge in [-0.05, 0) is 6.92 Å². The van der Waals surface area contributed by atoms with Gasteiger partial charge in [-0.2, -0.15) is 0 Å². The molecule has 11 heavy (non-hydrogen) atoms. The highest BCUT2D eigenvalue weighted by Crippen LogP contribution is 2.15. The summed E-state index contributed by atoms with van der Waals surface area (Å²) in [6.45, 7) is 0.974. The fourth-order valence-electron chi connectivity index (χ4n) is 0.697. The van der Waals surface area contributed by atoms with Gasteiger partial charge in [-0.25, -0.2) is 0 Å². The van der Waals surface area contributed by atoms with E-state index in [-0.39, 0.29) is 13.2 Å². The van der Waals surface area contributed by atoms with Gasteiger partial charge in [-0.15, -0.1) is 0 Å². The van der Waals surface area contributed by atoms with Gasteiger partial charge < -0.3 is 14.6 Å². The predicted octanol–water partition coefficient (Wildman–Crippen LogP) is -0.655. The van der Waals surface area contributed by atoms with E-state index in [1.54, 1.807) is 6.92 Å². The lowest BCUT2D eigenvalue weighted by molar-refractivity contribution is -0.643. The van der Waals surface area contributed by atoms with Crippen molar-refractivity contribution in [2.24, 2.45) is 0 Å². The zero-order valence-electron chi connectivity index (χ0n) is 6.02. The molecule has 0 aliphatic carbocycles. The topological polar surface area (TPSA) is 81.8 Å². The molecule has 0 saturated carbocycles. The van der Waals surface area contributed by atoms with E-state index in [4.69, 9.17) is 14.6 Å². The maximum atomic E-state index is 10.2. The summed E-state index contributed by atoms with van der Waals surface area (Å²) in [4.78, 5) is 9.37. The average Bonchev–Trinajstić information content (AvgIpc) is 1.95. The first-order valence-corrected chi connectivity index (χ1v) is 3.15. The molecule has 0 bridgehead atoms. The molecule has 1 heterocycles. The van der Waals surface area contributed by atoms with Crippen LogP contribution in [0.5, 0.6) is 0 Å². The monoisotopic (exact) mass is 163 g/mol. The van der Waals surface area contributed by atoms with Crippen LogP contribution in [-0.4, -0.2) is 35.3 Å². The second-order valence-electron chi connectivity index (χ2n) is 2.43. The number of hydrogen-bond acceptors (Lipinski definition) is 5. The van der Waals surface area contributed by atoms with Crippen LogP contribution >= 0.6 is 0 Å². The normalized spacial score (nSPS) is 38.5. The Morgan fingerprint density at radius 3 is 2.45 bits per heavy atom. The van der Waals surface area contributed by atoms with Gasteiger partial charge in [0.25, 0.3) is 0 Å². The molecule has 0 aromatic heterocycles. The van der Waals surface area contributed by atoms with Crippen LogP contribution in [0.3, 0.4) is 0 Å². The molecule has 6 heteroatoms. The van der Waals surface area contributed by atoms with Gasteiger partial charge in [0.05, 0.1) is 4.92 Å². The summed E-state index contributed by atoms with van der Waals surface area (Å²) in [5.41, 5.74) is -2.06. The third-order valence-electron chi connectivity index (χ3n) is 1.44. The summed E-state index contributed by atoms with van der Waals surface area (Å²) >= 11 is 0. The maximum absolute atomic E-state index is 10.2. The molecule has 1 rings (SSSR count). The first-order valence-electron chi connectivity index (χ1n) is 3.15. The lowest BCUT2D eigenvalue weighted by Gasteiger charge is -2.27. The highest BCUT2D eigenvalue weighted by atomic mass is 16.7. The minimum atomic E-state index is -2.06. The second-order valence-corrected chi connectivity index (χ2v) is 2.43. The van der Waals surface area contributed by atoms with E-state index in [2.05, 4.69) is 0 Å².